The van der Waals surface area contributed by atoms with Crippen LogP contribution >= 0.6 is 11.6 Å². The number of carbonyl (C=O) groups is 2. The predicted octanol–water partition coefficient (Wildman–Crippen LogP) is 4.24. The summed E-state index contributed by atoms with van der Waals surface area (Å²) in [6.07, 6.45) is 3.20. The van der Waals surface area contributed by atoms with Crippen molar-refractivity contribution in [3.05, 3.63) is 53.6 Å². The van der Waals surface area contributed by atoms with Crippen molar-refractivity contribution in [2.75, 3.05) is 29.9 Å². The zero-order valence-corrected chi connectivity index (χ0v) is 18.0. The second kappa shape index (κ2) is 10.9. The average Bonchev–Trinajstić information content (AvgIpc) is 3.27. The van der Waals surface area contributed by atoms with Gasteiger partial charge < -0.3 is 20.3 Å². The van der Waals surface area contributed by atoms with Gasteiger partial charge in [0, 0.05) is 30.9 Å². The molecule has 160 valence electrons. The number of nitrogens with zero attached hydrogens (tertiary/aromatic N) is 1. The van der Waals surface area contributed by atoms with Gasteiger partial charge in [-0.05, 0) is 56.5 Å². The topological polar surface area (TPSA) is 70.7 Å². The standard InChI is InChI=1S/C23H28ClN3O3/c1-17(25-22(28)12-7-15-30-21-11-3-2-10-20(21)24)23(29)26-18-8-6-9-19(16-18)27-13-4-5-14-27/h2-3,6,8-11,16-17H,4-5,7,12-15H2,1H3,(H,25,28)(H,26,29). The van der Waals surface area contributed by atoms with Gasteiger partial charge >= 0.3 is 0 Å². The molecule has 7 heteroatoms. The number of para-hydroxylation sites is 1. The third-order valence-corrected chi connectivity index (χ3v) is 5.31. The van der Waals surface area contributed by atoms with Gasteiger partial charge in [-0.25, -0.2) is 0 Å². The summed E-state index contributed by atoms with van der Waals surface area (Å²) in [4.78, 5) is 26.9. The van der Waals surface area contributed by atoms with Gasteiger partial charge in [-0.15, -0.1) is 0 Å². The highest BCUT2D eigenvalue weighted by molar-refractivity contribution is 6.32. The fourth-order valence-corrected chi connectivity index (χ4v) is 3.55. The molecule has 1 aliphatic rings. The van der Waals surface area contributed by atoms with Crippen LogP contribution in [-0.2, 0) is 9.59 Å². The highest BCUT2D eigenvalue weighted by atomic mass is 35.5. The van der Waals surface area contributed by atoms with Crippen molar-refractivity contribution in [3.63, 3.8) is 0 Å². The lowest BCUT2D eigenvalue weighted by Gasteiger charge is -2.19. The molecule has 1 saturated heterocycles. The molecule has 1 unspecified atom stereocenters. The Labute approximate surface area is 182 Å². The van der Waals surface area contributed by atoms with Crippen LogP contribution in [0.15, 0.2) is 48.5 Å². The highest BCUT2D eigenvalue weighted by Crippen LogP contribution is 2.24. The summed E-state index contributed by atoms with van der Waals surface area (Å²) in [5.74, 6) is 0.170. The Bertz CT molecular complexity index is 868. The van der Waals surface area contributed by atoms with Gasteiger partial charge in [-0.2, -0.15) is 0 Å². The summed E-state index contributed by atoms with van der Waals surface area (Å²) in [6.45, 7) is 4.15. The van der Waals surface area contributed by atoms with Crippen LogP contribution in [0.25, 0.3) is 0 Å². The summed E-state index contributed by atoms with van der Waals surface area (Å²) in [5.41, 5.74) is 1.85. The quantitative estimate of drug-likeness (QED) is 0.585. The van der Waals surface area contributed by atoms with Crippen LogP contribution < -0.4 is 20.3 Å². The Kier molecular flexibility index (Phi) is 7.97. The fourth-order valence-electron chi connectivity index (χ4n) is 3.36. The minimum absolute atomic E-state index is 0.189. The minimum atomic E-state index is -0.627. The van der Waals surface area contributed by atoms with E-state index in [1.54, 1.807) is 19.1 Å². The van der Waals surface area contributed by atoms with Gasteiger partial charge in [0.25, 0.3) is 0 Å². The lowest BCUT2D eigenvalue weighted by atomic mass is 10.2. The van der Waals surface area contributed by atoms with Crippen molar-refractivity contribution >= 4 is 34.8 Å². The van der Waals surface area contributed by atoms with E-state index in [9.17, 15) is 9.59 Å². The zero-order chi connectivity index (χ0) is 21.3. The molecule has 0 saturated carbocycles. The predicted molar refractivity (Wildman–Crippen MR) is 120 cm³/mol. The maximum absolute atomic E-state index is 12.5. The lowest BCUT2D eigenvalue weighted by molar-refractivity contribution is -0.126. The summed E-state index contributed by atoms with van der Waals surface area (Å²) >= 11 is 6.03. The highest BCUT2D eigenvalue weighted by Gasteiger charge is 2.17. The molecule has 2 N–H and O–H groups in total. The first-order valence-corrected chi connectivity index (χ1v) is 10.7. The van der Waals surface area contributed by atoms with Crippen molar-refractivity contribution in [3.8, 4) is 5.75 Å². The van der Waals surface area contributed by atoms with E-state index in [0.29, 0.717) is 23.8 Å². The fraction of sp³-hybridized carbons (Fsp3) is 0.391. The van der Waals surface area contributed by atoms with E-state index in [1.165, 1.54) is 12.8 Å². The number of hydrogen-bond donors (Lipinski definition) is 2. The van der Waals surface area contributed by atoms with Gasteiger partial charge in [0.2, 0.25) is 11.8 Å². The van der Waals surface area contributed by atoms with Crippen molar-refractivity contribution in [2.45, 2.75) is 38.6 Å². The molecule has 2 aromatic carbocycles. The summed E-state index contributed by atoms with van der Waals surface area (Å²) < 4.78 is 5.58. The molecule has 2 amide bonds. The van der Waals surface area contributed by atoms with Crippen molar-refractivity contribution in [1.29, 1.82) is 0 Å². The number of nitrogens with one attached hydrogen (secondary N) is 2. The number of anilines is 2. The molecule has 3 rings (SSSR count). The van der Waals surface area contributed by atoms with E-state index in [4.69, 9.17) is 16.3 Å². The van der Waals surface area contributed by atoms with Crippen molar-refractivity contribution in [2.24, 2.45) is 0 Å². The van der Waals surface area contributed by atoms with Crippen LogP contribution in [-0.4, -0.2) is 37.6 Å². The van der Waals surface area contributed by atoms with Gasteiger partial charge in [0.15, 0.2) is 0 Å². The molecule has 1 heterocycles. The molecular formula is C23H28ClN3O3. The second-order valence-corrected chi connectivity index (χ2v) is 7.81. The number of hydrogen-bond acceptors (Lipinski definition) is 4. The lowest BCUT2D eigenvalue weighted by Crippen LogP contribution is -2.41. The number of ether oxygens (including phenoxy) is 1. The molecule has 0 bridgehead atoms. The van der Waals surface area contributed by atoms with Gasteiger partial charge in [0.05, 0.1) is 11.6 Å². The minimum Gasteiger partial charge on any atom is -0.492 e. The molecule has 0 aromatic heterocycles. The number of rotatable bonds is 9. The molecule has 1 aliphatic heterocycles. The molecule has 6 nitrogen and oxygen atoms in total. The third kappa shape index (κ3) is 6.39. The average molecular weight is 430 g/mol. The number of carbonyl (C=O) groups excluding carboxylic acids is 2. The third-order valence-electron chi connectivity index (χ3n) is 5.00. The van der Waals surface area contributed by atoms with Crippen molar-refractivity contribution < 1.29 is 14.3 Å². The molecule has 2 aromatic rings. The summed E-state index contributed by atoms with van der Waals surface area (Å²) in [6, 6.07) is 14.4. The number of halogens is 1. The van der Waals surface area contributed by atoms with Gasteiger partial charge in [-0.3, -0.25) is 9.59 Å². The van der Waals surface area contributed by atoms with Gasteiger partial charge in [0.1, 0.15) is 11.8 Å². The van der Waals surface area contributed by atoms with Crippen LogP contribution in [0.3, 0.4) is 0 Å². The van der Waals surface area contributed by atoms with Crippen LogP contribution in [0, 0.1) is 0 Å². The molecule has 1 atom stereocenters. The van der Waals surface area contributed by atoms with E-state index < -0.39 is 6.04 Å². The van der Waals surface area contributed by atoms with E-state index in [1.807, 2.05) is 30.3 Å². The van der Waals surface area contributed by atoms with Crippen LogP contribution in [0.2, 0.25) is 5.02 Å². The Hall–Kier alpha value is -2.73. The maximum atomic E-state index is 12.5. The van der Waals surface area contributed by atoms with Crippen molar-refractivity contribution in [1.82, 2.24) is 5.32 Å². The van der Waals surface area contributed by atoms with Crippen LogP contribution in [0.1, 0.15) is 32.6 Å². The monoisotopic (exact) mass is 429 g/mol. The summed E-state index contributed by atoms with van der Waals surface area (Å²) in [5, 5.41) is 6.17. The zero-order valence-electron chi connectivity index (χ0n) is 17.2. The van der Waals surface area contributed by atoms with E-state index in [2.05, 4.69) is 21.6 Å². The normalized spacial score (nSPS) is 14.3. The van der Waals surface area contributed by atoms with E-state index in [0.717, 1.165) is 24.5 Å². The Morgan fingerprint density at radius 1 is 1.13 bits per heavy atom. The SMILES string of the molecule is CC(NC(=O)CCCOc1ccccc1Cl)C(=O)Nc1cccc(N2CCCC2)c1. The van der Waals surface area contributed by atoms with Crippen LogP contribution in [0.4, 0.5) is 11.4 Å². The first-order valence-electron chi connectivity index (χ1n) is 10.4. The smallest absolute Gasteiger partial charge is 0.246 e. The molecule has 30 heavy (non-hydrogen) atoms. The van der Waals surface area contributed by atoms with Gasteiger partial charge in [-0.1, -0.05) is 29.8 Å². The molecule has 0 spiro atoms. The maximum Gasteiger partial charge on any atom is 0.246 e. The first-order chi connectivity index (χ1) is 14.5. The first kappa shape index (κ1) is 22.0. The Morgan fingerprint density at radius 2 is 1.90 bits per heavy atom. The Balaban J connectivity index is 1.40. The van der Waals surface area contributed by atoms with Crippen LogP contribution in [0.5, 0.6) is 5.75 Å². The Morgan fingerprint density at radius 3 is 2.67 bits per heavy atom. The van der Waals surface area contributed by atoms with E-state index >= 15 is 0 Å². The molecule has 1 fully saturated rings. The summed E-state index contributed by atoms with van der Waals surface area (Å²) in [7, 11) is 0. The largest absolute Gasteiger partial charge is 0.492 e. The molecule has 0 aliphatic carbocycles. The van der Waals surface area contributed by atoms with E-state index in [-0.39, 0.29) is 18.2 Å². The second-order valence-electron chi connectivity index (χ2n) is 7.41. The molecular weight excluding hydrogens is 402 g/mol. The number of benzene rings is 2. The number of amides is 2. The molecule has 0 radical (unpaired) electrons.